The third kappa shape index (κ3) is 6.65. The number of halogens is 2. The van der Waals surface area contributed by atoms with E-state index >= 15 is 0 Å². The SMILES string of the molecule is CCCC(Oc1ccc(C(C)(C)CC)cc1C(C)(C)CC)C(=O)Nc1cc(Cl)c(CC)c(Cl)c1O. The second-order valence-corrected chi connectivity index (χ2v) is 11.3. The summed E-state index contributed by atoms with van der Waals surface area (Å²) in [5, 5.41) is 13.9. The van der Waals surface area contributed by atoms with Gasteiger partial charge >= 0.3 is 0 Å². The molecule has 1 amide bonds. The van der Waals surface area contributed by atoms with Crippen molar-refractivity contribution in [3.63, 3.8) is 0 Å². The van der Waals surface area contributed by atoms with Crippen LogP contribution in [0.1, 0.15) is 97.8 Å². The van der Waals surface area contributed by atoms with E-state index in [1.165, 1.54) is 11.6 Å². The molecule has 0 aliphatic carbocycles. The number of ether oxygens (including phenoxy) is 1. The minimum absolute atomic E-state index is 0.0397. The average Bonchev–Trinajstić information content (AvgIpc) is 2.82. The molecule has 0 radical (unpaired) electrons. The number of nitrogens with one attached hydrogen (secondary N) is 1. The van der Waals surface area contributed by atoms with Crippen molar-refractivity contribution in [2.45, 2.75) is 104 Å². The van der Waals surface area contributed by atoms with Crippen LogP contribution in [0.25, 0.3) is 0 Å². The molecule has 0 spiro atoms. The summed E-state index contributed by atoms with van der Waals surface area (Å²) in [6.07, 6.45) is 3.06. The molecule has 0 aliphatic rings. The number of anilines is 1. The van der Waals surface area contributed by atoms with Crippen molar-refractivity contribution in [1.82, 2.24) is 0 Å². The molecule has 0 bridgehead atoms. The Hall–Kier alpha value is -1.91. The highest BCUT2D eigenvalue weighted by atomic mass is 35.5. The number of carbonyl (C=O) groups is 1. The first kappa shape index (κ1) is 29.3. The van der Waals surface area contributed by atoms with Crippen LogP contribution in [0, 0.1) is 0 Å². The maximum absolute atomic E-state index is 13.3. The fourth-order valence-corrected chi connectivity index (χ4v) is 4.64. The van der Waals surface area contributed by atoms with Crippen LogP contribution in [-0.2, 0) is 22.0 Å². The third-order valence-corrected chi connectivity index (χ3v) is 8.01. The molecule has 2 aromatic carbocycles. The summed E-state index contributed by atoms with van der Waals surface area (Å²) < 4.78 is 6.40. The zero-order valence-corrected chi connectivity index (χ0v) is 24.0. The molecule has 35 heavy (non-hydrogen) atoms. The van der Waals surface area contributed by atoms with Gasteiger partial charge in [-0.25, -0.2) is 0 Å². The fraction of sp³-hybridized carbons (Fsp3) is 0.552. The molecule has 0 aromatic heterocycles. The maximum atomic E-state index is 13.3. The molecular weight excluding hydrogens is 481 g/mol. The Morgan fingerprint density at radius 2 is 1.66 bits per heavy atom. The second-order valence-electron chi connectivity index (χ2n) is 10.5. The number of hydrogen-bond acceptors (Lipinski definition) is 3. The van der Waals surface area contributed by atoms with E-state index in [0.29, 0.717) is 29.2 Å². The predicted molar refractivity (Wildman–Crippen MR) is 149 cm³/mol. The van der Waals surface area contributed by atoms with Gasteiger partial charge in [0.15, 0.2) is 11.9 Å². The monoisotopic (exact) mass is 521 g/mol. The fourth-order valence-electron chi connectivity index (χ4n) is 3.92. The van der Waals surface area contributed by atoms with Crippen LogP contribution in [0.2, 0.25) is 10.0 Å². The molecule has 0 saturated carbocycles. The van der Waals surface area contributed by atoms with Crippen molar-refractivity contribution in [3.8, 4) is 11.5 Å². The molecule has 4 nitrogen and oxygen atoms in total. The quantitative estimate of drug-likeness (QED) is 0.290. The lowest BCUT2D eigenvalue weighted by Gasteiger charge is -2.31. The van der Waals surface area contributed by atoms with Gasteiger partial charge in [0.1, 0.15) is 5.75 Å². The van der Waals surface area contributed by atoms with Crippen molar-refractivity contribution in [2.75, 3.05) is 5.32 Å². The van der Waals surface area contributed by atoms with Crippen LogP contribution < -0.4 is 10.1 Å². The largest absolute Gasteiger partial charge is 0.504 e. The van der Waals surface area contributed by atoms with Crippen LogP contribution in [0.3, 0.4) is 0 Å². The van der Waals surface area contributed by atoms with Gasteiger partial charge in [0.05, 0.1) is 10.7 Å². The highest BCUT2D eigenvalue weighted by Gasteiger charge is 2.29. The van der Waals surface area contributed by atoms with Crippen LogP contribution in [0.4, 0.5) is 5.69 Å². The van der Waals surface area contributed by atoms with Gasteiger partial charge in [0.25, 0.3) is 5.91 Å². The highest BCUT2D eigenvalue weighted by Crippen LogP contribution is 2.41. The van der Waals surface area contributed by atoms with Crippen LogP contribution in [0.15, 0.2) is 24.3 Å². The molecule has 0 fully saturated rings. The first-order valence-corrected chi connectivity index (χ1v) is 13.4. The molecule has 0 aliphatic heterocycles. The van der Waals surface area contributed by atoms with Gasteiger partial charge in [-0.2, -0.15) is 0 Å². The highest BCUT2D eigenvalue weighted by molar-refractivity contribution is 6.37. The number of phenolic OH excluding ortho intramolecular Hbond substituents is 1. The molecule has 6 heteroatoms. The summed E-state index contributed by atoms with van der Waals surface area (Å²) in [6, 6.07) is 7.87. The van der Waals surface area contributed by atoms with E-state index in [9.17, 15) is 9.90 Å². The van der Waals surface area contributed by atoms with Crippen molar-refractivity contribution in [2.24, 2.45) is 0 Å². The number of aromatic hydroxyl groups is 1. The van der Waals surface area contributed by atoms with Gasteiger partial charge in [0.2, 0.25) is 0 Å². The van der Waals surface area contributed by atoms with Crippen molar-refractivity contribution >= 4 is 34.8 Å². The van der Waals surface area contributed by atoms with E-state index in [1.807, 2.05) is 19.9 Å². The Labute approximate surface area is 221 Å². The zero-order chi connectivity index (χ0) is 26.6. The lowest BCUT2D eigenvalue weighted by atomic mass is 9.76. The van der Waals surface area contributed by atoms with Gasteiger partial charge < -0.3 is 15.2 Å². The minimum atomic E-state index is -0.737. The summed E-state index contributed by atoms with van der Waals surface area (Å²) in [6.45, 7) is 17.1. The first-order valence-electron chi connectivity index (χ1n) is 12.6. The zero-order valence-electron chi connectivity index (χ0n) is 22.4. The van der Waals surface area contributed by atoms with Crippen molar-refractivity contribution < 1.29 is 14.6 Å². The number of amides is 1. The Morgan fingerprint density at radius 1 is 1.03 bits per heavy atom. The minimum Gasteiger partial charge on any atom is -0.504 e. The lowest BCUT2D eigenvalue weighted by Crippen LogP contribution is -2.34. The number of hydrogen-bond donors (Lipinski definition) is 2. The molecule has 2 rings (SSSR count). The third-order valence-electron chi connectivity index (χ3n) is 7.27. The number of phenols is 1. The Balaban J connectivity index is 2.44. The van der Waals surface area contributed by atoms with Crippen LogP contribution in [-0.4, -0.2) is 17.1 Å². The maximum Gasteiger partial charge on any atom is 0.265 e. The van der Waals surface area contributed by atoms with E-state index in [4.69, 9.17) is 27.9 Å². The smallest absolute Gasteiger partial charge is 0.265 e. The second kappa shape index (κ2) is 11.9. The Kier molecular flexibility index (Phi) is 9.96. The number of carbonyl (C=O) groups excluding carboxylic acids is 1. The first-order chi connectivity index (χ1) is 16.3. The molecule has 194 valence electrons. The summed E-state index contributed by atoms with van der Waals surface area (Å²) >= 11 is 12.6. The Morgan fingerprint density at radius 3 is 2.20 bits per heavy atom. The van der Waals surface area contributed by atoms with E-state index in [2.05, 4.69) is 59.0 Å². The topological polar surface area (TPSA) is 58.6 Å². The van der Waals surface area contributed by atoms with E-state index < -0.39 is 6.10 Å². The lowest BCUT2D eigenvalue weighted by molar-refractivity contribution is -0.123. The molecule has 1 atom stereocenters. The summed E-state index contributed by atoms with van der Waals surface area (Å²) in [4.78, 5) is 13.3. The van der Waals surface area contributed by atoms with Crippen molar-refractivity contribution in [1.29, 1.82) is 0 Å². The van der Waals surface area contributed by atoms with Gasteiger partial charge in [-0.1, -0.05) is 97.1 Å². The number of benzene rings is 2. The van der Waals surface area contributed by atoms with Gasteiger partial charge in [-0.05, 0) is 59.8 Å². The number of rotatable bonds is 11. The standard InChI is InChI=1S/C29H41Cl2NO3/c1-9-13-24(27(34)32-22-17-21(30)19(10-2)25(31)26(22)33)35-23-15-14-18(28(5,6)11-3)16-20(23)29(7,8)12-4/h14-17,24,33H,9-13H2,1-8H3,(H,32,34). The molecule has 0 heterocycles. The van der Waals surface area contributed by atoms with Crippen molar-refractivity contribution in [3.05, 3.63) is 51.0 Å². The summed E-state index contributed by atoms with van der Waals surface area (Å²) in [7, 11) is 0. The van der Waals surface area contributed by atoms with E-state index in [-0.39, 0.29) is 33.2 Å². The molecular formula is C29H41Cl2NO3. The molecule has 2 aromatic rings. The van der Waals surface area contributed by atoms with Gasteiger partial charge in [0, 0.05) is 10.6 Å². The van der Waals surface area contributed by atoms with E-state index in [0.717, 1.165) is 24.8 Å². The van der Waals surface area contributed by atoms with Crippen LogP contribution in [0.5, 0.6) is 11.5 Å². The Bertz CT molecular complexity index is 1050. The average molecular weight is 523 g/mol. The summed E-state index contributed by atoms with van der Waals surface area (Å²) in [5.41, 5.74) is 3.09. The molecule has 0 saturated heterocycles. The van der Waals surface area contributed by atoms with Crippen LogP contribution >= 0.6 is 23.2 Å². The molecule has 1 unspecified atom stereocenters. The summed E-state index contributed by atoms with van der Waals surface area (Å²) in [5.74, 6) is 0.176. The van der Waals surface area contributed by atoms with Gasteiger partial charge in [-0.3, -0.25) is 4.79 Å². The molecule has 2 N–H and O–H groups in total. The normalized spacial score (nSPS) is 13.0. The predicted octanol–water partition coefficient (Wildman–Crippen LogP) is 8.82. The van der Waals surface area contributed by atoms with Gasteiger partial charge in [-0.15, -0.1) is 0 Å². The van der Waals surface area contributed by atoms with E-state index in [1.54, 1.807) is 0 Å².